The fourth-order valence-electron chi connectivity index (χ4n) is 3.87. The molecule has 0 spiro atoms. The molecule has 1 aromatic heterocycles. The van der Waals surface area contributed by atoms with Crippen LogP contribution in [0.2, 0.25) is 0 Å². The molecule has 0 fully saturated rings. The maximum absolute atomic E-state index is 13.5. The van der Waals surface area contributed by atoms with Gasteiger partial charge in [-0.1, -0.05) is 42.5 Å². The third-order valence-electron chi connectivity index (χ3n) is 5.54. The van der Waals surface area contributed by atoms with Crippen LogP contribution in [0.3, 0.4) is 0 Å². The Kier molecular flexibility index (Phi) is 5.72. The summed E-state index contributed by atoms with van der Waals surface area (Å²) in [7, 11) is 0. The Hall–Kier alpha value is -3.66. The molecule has 4 rings (SSSR count). The van der Waals surface area contributed by atoms with E-state index in [1.807, 2.05) is 75.4 Å². The summed E-state index contributed by atoms with van der Waals surface area (Å²) in [5.41, 5.74) is 6.27. The zero-order valence-electron chi connectivity index (χ0n) is 17.9. The summed E-state index contributed by atoms with van der Waals surface area (Å²) in [6.45, 7) is 5.95. The van der Waals surface area contributed by atoms with Crippen LogP contribution in [0.5, 0.6) is 0 Å². The Bertz CT molecular complexity index is 1210. The quantitative estimate of drug-likeness (QED) is 0.405. The molecule has 1 heterocycles. The van der Waals surface area contributed by atoms with Crippen LogP contribution in [-0.2, 0) is 0 Å². The molecule has 4 heteroatoms. The van der Waals surface area contributed by atoms with Crippen molar-refractivity contribution in [3.63, 3.8) is 0 Å². The van der Waals surface area contributed by atoms with Crippen LogP contribution >= 0.6 is 0 Å². The number of aryl methyl sites for hydroxylation is 1. The van der Waals surface area contributed by atoms with E-state index < -0.39 is 0 Å². The monoisotopic (exact) mass is 412 g/mol. The van der Waals surface area contributed by atoms with Crippen LogP contribution < -0.4 is 5.32 Å². The van der Waals surface area contributed by atoms with Crippen LogP contribution in [0.25, 0.3) is 16.9 Å². The van der Waals surface area contributed by atoms with Crippen LogP contribution in [-0.4, -0.2) is 10.5 Å². The number of benzene rings is 3. The van der Waals surface area contributed by atoms with Crippen LogP contribution in [0, 0.1) is 19.7 Å². The van der Waals surface area contributed by atoms with Crippen LogP contribution in [0.1, 0.15) is 40.1 Å². The van der Waals surface area contributed by atoms with Crippen LogP contribution in [0.15, 0.2) is 84.9 Å². The van der Waals surface area contributed by atoms with Gasteiger partial charge in [0.1, 0.15) is 5.82 Å². The van der Waals surface area contributed by atoms with E-state index in [4.69, 9.17) is 0 Å². The molecule has 0 aliphatic carbocycles. The molecule has 0 saturated heterocycles. The molecule has 0 saturated carbocycles. The Morgan fingerprint density at radius 3 is 2.29 bits per heavy atom. The van der Waals surface area contributed by atoms with Gasteiger partial charge in [0, 0.05) is 11.4 Å². The summed E-state index contributed by atoms with van der Waals surface area (Å²) in [4.78, 5) is 13.2. The van der Waals surface area contributed by atoms with Crippen molar-refractivity contribution in [2.45, 2.75) is 26.8 Å². The second kappa shape index (κ2) is 8.60. The van der Waals surface area contributed by atoms with Crippen molar-refractivity contribution in [2.75, 3.05) is 0 Å². The molecule has 1 atom stereocenters. The van der Waals surface area contributed by atoms with E-state index in [2.05, 4.69) is 16.0 Å². The van der Waals surface area contributed by atoms with Gasteiger partial charge in [-0.15, -0.1) is 0 Å². The molecule has 156 valence electrons. The normalized spacial score (nSPS) is 11.9. The van der Waals surface area contributed by atoms with Crippen molar-refractivity contribution in [3.05, 3.63) is 113 Å². The number of aromatic nitrogens is 1. The maximum atomic E-state index is 13.5. The van der Waals surface area contributed by atoms with Gasteiger partial charge in [0.2, 0.25) is 0 Å². The number of carbonyl (C=O) groups is 1. The number of rotatable bonds is 5. The maximum Gasteiger partial charge on any atom is 0.253 e. The van der Waals surface area contributed by atoms with Gasteiger partial charge in [0.15, 0.2) is 0 Å². The summed E-state index contributed by atoms with van der Waals surface area (Å²) in [6.07, 6.45) is 0. The van der Waals surface area contributed by atoms with Gasteiger partial charge in [-0.25, -0.2) is 4.39 Å². The SMILES string of the molecule is Cc1cccc(-n2c(-c3ccc(F)cc3)cc(C(=O)N[C@@H](C)c3ccccc3)c2C)c1. The summed E-state index contributed by atoms with van der Waals surface area (Å²) in [5.74, 6) is -0.424. The van der Waals surface area contributed by atoms with Crippen LogP contribution in [0.4, 0.5) is 4.39 Å². The number of hydrogen-bond acceptors (Lipinski definition) is 1. The lowest BCUT2D eigenvalue weighted by molar-refractivity contribution is 0.0939. The van der Waals surface area contributed by atoms with Gasteiger partial charge >= 0.3 is 0 Å². The molecule has 3 nitrogen and oxygen atoms in total. The minimum Gasteiger partial charge on any atom is -0.345 e. The minimum atomic E-state index is -0.288. The Morgan fingerprint density at radius 2 is 1.61 bits per heavy atom. The highest BCUT2D eigenvalue weighted by Gasteiger charge is 2.21. The van der Waals surface area contributed by atoms with Gasteiger partial charge in [0.25, 0.3) is 5.91 Å². The van der Waals surface area contributed by atoms with Crippen molar-refractivity contribution in [3.8, 4) is 16.9 Å². The topological polar surface area (TPSA) is 34.0 Å². The summed E-state index contributed by atoms with van der Waals surface area (Å²) in [5, 5.41) is 3.11. The van der Waals surface area contributed by atoms with E-state index in [1.165, 1.54) is 12.1 Å². The molecule has 3 aromatic carbocycles. The number of hydrogen-bond donors (Lipinski definition) is 1. The number of carbonyl (C=O) groups excluding carboxylic acids is 1. The fourth-order valence-corrected chi connectivity index (χ4v) is 3.87. The molecular weight excluding hydrogens is 387 g/mol. The van der Waals surface area contributed by atoms with E-state index >= 15 is 0 Å². The van der Waals surface area contributed by atoms with Crippen molar-refractivity contribution in [1.82, 2.24) is 9.88 Å². The summed E-state index contributed by atoms with van der Waals surface area (Å²) >= 11 is 0. The third kappa shape index (κ3) is 4.29. The highest BCUT2D eigenvalue weighted by molar-refractivity contribution is 5.97. The standard InChI is InChI=1S/C27H25FN2O/c1-18-8-7-11-24(16-18)30-20(3)25(17-26(30)22-12-14-23(28)15-13-22)27(31)29-19(2)21-9-5-4-6-10-21/h4-17,19H,1-3H3,(H,29,31)/t19-/m0/s1. The molecule has 0 bridgehead atoms. The van der Waals surface area contributed by atoms with Crippen molar-refractivity contribution < 1.29 is 9.18 Å². The molecule has 31 heavy (non-hydrogen) atoms. The van der Waals surface area contributed by atoms with E-state index in [-0.39, 0.29) is 17.8 Å². The first-order chi connectivity index (χ1) is 14.9. The molecular formula is C27H25FN2O. The van der Waals surface area contributed by atoms with E-state index in [0.29, 0.717) is 5.56 Å². The predicted octanol–water partition coefficient (Wildman–Crippen LogP) is 6.39. The second-order valence-corrected chi connectivity index (χ2v) is 7.82. The fraction of sp³-hybridized carbons (Fsp3) is 0.148. The van der Waals surface area contributed by atoms with E-state index in [0.717, 1.165) is 33.8 Å². The first-order valence-corrected chi connectivity index (χ1v) is 10.3. The smallest absolute Gasteiger partial charge is 0.253 e. The molecule has 1 amide bonds. The van der Waals surface area contributed by atoms with Crippen molar-refractivity contribution in [1.29, 1.82) is 0 Å². The highest BCUT2D eigenvalue weighted by Crippen LogP contribution is 2.30. The summed E-state index contributed by atoms with van der Waals surface area (Å²) in [6, 6.07) is 26.1. The number of nitrogens with one attached hydrogen (secondary N) is 1. The first kappa shape index (κ1) is 20.6. The Morgan fingerprint density at radius 1 is 0.903 bits per heavy atom. The largest absolute Gasteiger partial charge is 0.345 e. The average molecular weight is 413 g/mol. The molecule has 4 aromatic rings. The van der Waals surface area contributed by atoms with Crippen molar-refractivity contribution >= 4 is 5.91 Å². The summed E-state index contributed by atoms with van der Waals surface area (Å²) < 4.78 is 15.6. The lowest BCUT2D eigenvalue weighted by Crippen LogP contribution is -2.27. The van der Waals surface area contributed by atoms with Gasteiger partial charge in [-0.3, -0.25) is 4.79 Å². The number of amides is 1. The Balaban J connectivity index is 1.77. The lowest BCUT2D eigenvalue weighted by Gasteiger charge is -2.15. The molecule has 0 radical (unpaired) electrons. The zero-order chi connectivity index (χ0) is 22.0. The molecule has 0 aliphatic rings. The minimum absolute atomic E-state index is 0.121. The van der Waals surface area contributed by atoms with E-state index in [9.17, 15) is 9.18 Å². The van der Waals surface area contributed by atoms with Gasteiger partial charge < -0.3 is 9.88 Å². The highest BCUT2D eigenvalue weighted by atomic mass is 19.1. The number of halogens is 1. The van der Waals surface area contributed by atoms with Gasteiger partial charge in [0.05, 0.1) is 17.3 Å². The average Bonchev–Trinajstić information content (AvgIpc) is 3.12. The lowest BCUT2D eigenvalue weighted by atomic mass is 10.1. The first-order valence-electron chi connectivity index (χ1n) is 10.3. The predicted molar refractivity (Wildman–Crippen MR) is 123 cm³/mol. The van der Waals surface area contributed by atoms with Gasteiger partial charge in [-0.05, 0) is 79.9 Å². The van der Waals surface area contributed by atoms with Gasteiger partial charge in [-0.2, -0.15) is 0 Å². The Labute approximate surface area is 182 Å². The second-order valence-electron chi connectivity index (χ2n) is 7.82. The third-order valence-corrected chi connectivity index (χ3v) is 5.54. The molecule has 1 N–H and O–H groups in total. The zero-order valence-corrected chi connectivity index (χ0v) is 17.9. The van der Waals surface area contributed by atoms with E-state index in [1.54, 1.807) is 12.1 Å². The molecule has 0 aliphatic heterocycles. The molecule has 0 unspecified atom stereocenters. The van der Waals surface area contributed by atoms with Crippen molar-refractivity contribution in [2.24, 2.45) is 0 Å². The number of nitrogens with zero attached hydrogens (tertiary/aromatic N) is 1.